The number of aromatic nitrogens is 2. The Morgan fingerprint density at radius 2 is 2.05 bits per heavy atom. The highest BCUT2D eigenvalue weighted by Gasteiger charge is 2.25. The van der Waals surface area contributed by atoms with Crippen LogP contribution in [-0.2, 0) is 4.79 Å². The van der Waals surface area contributed by atoms with Crippen LogP contribution in [0.25, 0.3) is 0 Å². The summed E-state index contributed by atoms with van der Waals surface area (Å²) in [4.78, 5) is 33.3. The highest BCUT2D eigenvalue weighted by Crippen LogP contribution is 2.09. The minimum absolute atomic E-state index is 0.0687. The molecule has 19 heavy (non-hydrogen) atoms. The molecule has 0 bridgehead atoms. The smallest absolute Gasteiger partial charge is 0.272 e. The van der Waals surface area contributed by atoms with E-state index in [2.05, 4.69) is 15.3 Å². The fourth-order valence-corrected chi connectivity index (χ4v) is 2.14. The second-order valence-corrected chi connectivity index (χ2v) is 4.84. The summed E-state index contributed by atoms with van der Waals surface area (Å²) in [5.74, 6) is -0.518. The zero-order valence-electron chi connectivity index (χ0n) is 10.6. The lowest BCUT2D eigenvalue weighted by molar-refractivity contribution is -0.131. The van der Waals surface area contributed by atoms with E-state index in [0.717, 1.165) is 25.9 Å². The Kier molecular flexibility index (Phi) is 4.31. The molecule has 1 unspecified atom stereocenters. The van der Waals surface area contributed by atoms with Crippen molar-refractivity contribution in [2.24, 2.45) is 0 Å². The third-order valence-electron chi connectivity index (χ3n) is 2.97. The quantitative estimate of drug-likeness (QED) is 0.893. The molecule has 7 heteroatoms. The number of likely N-dealkylation sites (tertiary alicyclic amines) is 1. The third kappa shape index (κ3) is 3.41. The molecule has 0 aromatic carbocycles. The average molecular weight is 283 g/mol. The van der Waals surface area contributed by atoms with Crippen molar-refractivity contribution in [1.82, 2.24) is 20.2 Å². The normalized spacial score (nSPS) is 16.2. The van der Waals surface area contributed by atoms with Crippen LogP contribution in [0.2, 0.25) is 5.15 Å². The standard InChI is InChI=1S/C12H15ClN4O2/c1-8(12(19)17-4-2-3-5-17)15-11(18)9-6-14-7-10(13)16-9/h6-8H,2-5H2,1H3,(H,15,18). The van der Waals surface area contributed by atoms with E-state index in [9.17, 15) is 9.59 Å². The van der Waals surface area contributed by atoms with E-state index in [1.165, 1.54) is 12.4 Å². The molecule has 1 aliphatic heterocycles. The zero-order valence-corrected chi connectivity index (χ0v) is 11.4. The van der Waals surface area contributed by atoms with Gasteiger partial charge in [-0.05, 0) is 19.8 Å². The van der Waals surface area contributed by atoms with Crippen LogP contribution in [-0.4, -0.2) is 45.8 Å². The minimum Gasteiger partial charge on any atom is -0.341 e. The molecule has 0 aliphatic carbocycles. The van der Waals surface area contributed by atoms with Crippen LogP contribution in [0.5, 0.6) is 0 Å². The summed E-state index contributed by atoms with van der Waals surface area (Å²) < 4.78 is 0. The van der Waals surface area contributed by atoms with E-state index >= 15 is 0 Å². The van der Waals surface area contributed by atoms with Crippen LogP contribution in [0.15, 0.2) is 12.4 Å². The molecule has 1 saturated heterocycles. The lowest BCUT2D eigenvalue weighted by atomic mass is 10.2. The van der Waals surface area contributed by atoms with Gasteiger partial charge in [-0.2, -0.15) is 0 Å². The molecule has 2 amide bonds. The predicted molar refractivity (Wildman–Crippen MR) is 69.8 cm³/mol. The Morgan fingerprint density at radius 3 is 2.68 bits per heavy atom. The van der Waals surface area contributed by atoms with Gasteiger partial charge in [-0.15, -0.1) is 0 Å². The number of amides is 2. The van der Waals surface area contributed by atoms with E-state index in [1.807, 2.05) is 0 Å². The monoisotopic (exact) mass is 282 g/mol. The first kappa shape index (κ1) is 13.7. The zero-order chi connectivity index (χ0) is 13.8. The first-order chi connectivity index (χ1) is 9.08. The summed E-state index contributed by atoms with van der Waals surface area (Å²) in [6.07, 6.45) is 4.70. The Morgan fingerprint density at radius 1 is 1.37 bits per heavy atom. The van der Waals surface area contributed by atoms with Crippen LogP contribution < -0.4 is 5.32 Å². The van der Waals surface area contributed by atoms with Crippen molar-refractivity contribution in [3.8, 4) is 0 Å². The van der Waals surface area contributed by atoms with Gasteiger partial charge in [0.05, 0.1) is 12.4 Å². The van der Waals surface area contributed by atoms with Gasteiger partial charge in [0.25, 0.3) is 5.91 Å². The van der Waals surface area contributed by atoms with Crippen molar-refractivity contribution in [1.29, 1.82) is 0 Å². The van der Waals surface area contributed by atoms with Gasteiger partial charge in [0.1, 0.15) is 16.9 Å². The number of nitrogens with one attached hydrogen (secondary N) is 1. The second kappa shape index (κ2) is 5.97. The van der Waals surface area contributed by atoms with E-state index < -0.39 is 11.9 Å². The van der Waals surface area contributed by atoms with Gasteiger partial charge >= 0.3 is 0 Å². The van der Waals surface area contributed by atoms with Crippen molar-refractivity contribution in [2.45, 2.75) is 25.8 Å². The molecule has 2 heterocycles. The molecule has 1 N–H and O–H groups in total. The van der Waals surface area contributed by atoms with Crippen LogP contribution in [0, 0.1) is 0 Å². The molecule has 2 rings (SSSR count). The summed E-state index contributed by atoms with van der Waals surface area (Å²) in [6.45, 7) is 3.18. The van der Waals surface area contributed by atoms with Gasteiger partial charge in [-0.3, -0.25) is 14.6 Å². The van der Waals surface area contributed by atoms with E-state index in [-0.39, 0.29) is 16.8 Å². The van der Waals surface area contributed by atoms with Crippen molar-refractivity contribution in [2.75, 3.05) is 13.1 Å². The number of halogens is 1. The van der Waals surface area contributed by atoms with Gasteiger partial charge in [0.15, 0.2) is 0 Å². The number of rotatable bonds is 3. The molecule has 0 radical (unpaired) electrons. The molecule has 102 valence electrons. The van der Waals surface area contributed by atoms with Gasteiger partial charge in [0.2, 0.25) is 5.91 Å². The van der Waals surface area contributed by atoms with Gasteiger partial charge in [-0.1, -0.05) is 11.6 Å². The van der Waals surface area contributed by atoms with E-state index in [4.69, 9.17) is 11.6 Å². The van der Waals surface area contributed by atoms with Crippen LogP contribution in [0.4, 0.5) is 0 Å². The Balaban J connectivity index is 1.96. The fraction of sp³-hybridized carbons (Fsp3) is 0.500. The maximum atomic E-state index is 12.0. The molecule has 6 nitrogen and oxygen atoms in total. The number of hydrogen-bond acceptors (Lipinski definition) is 4. The molecule has 1 fully saturated rings. The largest absolute Gasteiger partial charge is 0.341 e. The molecule has 1 aliphatic rings. The number of carbonyl (C=O) groups excluding carboxylic acids is 2. The second-order valence-electron chi connectivity index (χ2n) is 4.45. The fourth-order valence-electron chi connectivity index (χ4n) is 2.00. The van der Waals surface area contributed by atoms with Crippen molar-refractivity contribution in [3.05, 3.63) is 23.2 Å². The van der Waals surface area contributed by atoms with Crippen molar-refractivity contribution in [3.63, 3.8) is 0 Å². The molecule has 1 aromatic rings. The van der Waals surface area contributed by atoms with Crippen LogP contribution in [0.3, 0.4) is 0 Å². The Bertz CT molecular complexity index is 488. The van der Waals surface area contributed by atoms with Crippen molar-refractivity contribution >= 4 is 23.4 Å². The summed E-state index contributed by atoms with van der Waals surface area (Å²) in [6, 6.07) is -0.577. The average Bonchev–Trinajstić information content (AvgIpc) is 2.91. The summed E-state index contributed by atoms with van der Waals surface area (Å²) in [7, 11) is 0. The van der Waals surface area contributed by atoms with Gasteiger partial charge in [-0.25, -0.2) is 4.98 Å². The maximum absolute atomic E-state index is 12.0. The van der Waals surface area contributed by atoms with E-state index in [0.29, 0.717) is 0 Å². The van der Waals surface area contributed by atoms with Gasteiger partial charge < -0.3 is 10.2 Å². The molecule has 0 saturated carbocycles. The first-order valence-corrected chi connectivity index (χ1v) is 6.53. The number of hydrogen-bond donors (Lipinski definition) is 1. The van der Waals surface area contributed by atoms with Crippen molar-refractivity contribution < 1.29 is 9.59 Å². The SMILES string of the molecule is CC(NC(=O)c1cncc(Cl)n1)C(=O)N1CCCC1. The lowest BCUT2D eigenvalue weighted by Crippen LogP contribution is -2.46. The molecular formula is C12H15ClN4O2. The van der Waals surface area contributed by atoms with Crippen LogP contribution >= 0.6 is 11.6 Å². The first-order valence-electron chi connectivity index (χ1n) is 6.15. The summed E-state index contributed by atoms with van der Waals surface area (Å²) in [5, 5.41) is 2.75. The molecule has 1 atom stereocenters. The topological polar surface area (TPSA) is 75.2 Å². The number of nitrogens with zero attached hydrogens (tertiary/aromatic N) is 3. The molecule has 0 spiro atoms. The molecular weight excluding hydrogens is 268 g/mol. The highest BCUT2D eigenvalue weighted by atomic mass is 35.5. The lowest BCUT2D eigenvalue weighted by Gasteiger charge is -2.20. The Hall–Kier alpha value is -1.69. The summed E-state index contributed by atoms with van der Waals surface area (Å²) >= 11 is 5.66. The maximum Gasteiger partial charge on any atom is 0.272 e. The highest BCUT2D eigenvalue weighted by molar-refractivity contribution is 6.29. The third-order valence-corrected chi connectivity index (χ3v) is 3.16. The predicted octanol–water partition coefficient (Wildman–Crippen LogP) is 0.871. The Labute approximate surface area is 116 Å². The summed E-state index contributed by atoms with van der Waals surface area (Å²) in [5.41, 5.74) is 0.105. The van der Waals surface area contributed by atoms with Gasteiger partial charge in [0, 0.05) is 13.1 Å². The molecule has 1 aromatic heterocycles. The van der Waals surface area contributed by atoms with Crippen LogP contribution in [0.1, 0.15) is 30.3 Å². The minimum atomic E-state index is -0.577. The van der Waals surface area contributed by atoms with E-state index in [1.54, 1.807) is 11.8 Å². The number of carbonyl (C=O) groups is 2.